The molecule has 0 atom stereocenters. The van der Waals surface area contributed by atoms with Crippen molar-refractivity contribution in [3.8, 4) is 11.5 Å². The second-order valence-electron chi connectivity index (χ2n) is 4.71. The number of nitrogens with zero attached hydrogens (tertiary/aromatic N) is 1. The predicted octanol–water partition coefficient (Wildman–Crippen LogP) is 3.35. The lowest BCUT2D eigenvalue weighted by molar-refractivity contribution is 0.0952. The van der Waals surface area contributed by atoms with Crippen LogP contribution in [-0.2, 0) is 6.42 Å². The van der Waals surface area contributed by atoms with Gasteiger partial charge in [-0.25, -0.2) is 5.43 Å². The number of halogens is 1. The van der Waals surface area contributed by atoms with Crippen molar-refractivity contribution in [3.63, 3.8) is 0 Å². The van der Waals surface area contributed by atoms with E-state index >= 15 is 0 Å². The summed E-state index contributed by atoms with van der Waals surface area (Å²) in [6, 6.07) is 9.76. The number of carbonyl (C=O) groups is 1. The molecule has 118 valence electrons. The van der Waals surface area contributed by atoms with Crippen LogP contribution in [0, 0.1) is 0 Å². The van der Waals surface area contributed by atoms with Gasteiger partial charge in [0.2, 0.25) is 0 Å². The van der Waals surface area contributed by atoms with Crippen LogP contribution in [0.15, 0.2) is 58.6 Å². The topological polar surface area (TPSA) is 81.9 Å². The van der Waals surface area contributed by atoms with Gasteiger partial charge in [0.05, 0.1) is 11.8 Å². The number of rotatable bonds is 5. The molecule has 0 radical (unpaired) electrons. The number of phenolic OH excluding ortho intramolecular Hbond substituents is 2. The molecule has 2 aromatic rings. The number of para-hydroxylation sites is 1. The maximum atomic E-state index is 12.0. The average molecular weight is 375 g/mol. The normalized spacial score (nSPS) is 10.7. The molecule has 0 heterocycles. The summed E-state index contributed by atoms with van der Waals surface area (Å²) < 4.78 is 0.666. The molecule has 0 aliphatic rings. The maximum Gasteiger partial charge on any atom is 0.275 e. The smallest absolute Gasteiger partial charge is 0.275 e. The third-order valence-electron chi connectivity index (χ3n) is 3.09. The van der Waals surface area contributed by atoms with Crippen LogP contribution in [0.2, 0.25) is 0 Å². The van der Waals surface area contributed by atoms with E-state index in [0.717, 1.165) is 5.56 Å². The molecule has 5 nitrogen and oxygen atoms in total. The first-order chi connectivity index (χ1) is 11.0. The van der Waals surface area contributed by atoms with Crippen molar-refractivity contribution in [3.05, 3.63) is 70.2 Å². The molecule has 0 spiro atoms. The SMILES string of the molecule is C=CCc1cccc(/C=N\NC(=O)c2cc(Br)ccc2O)c1O. The van der Waals surface area contributed by atoms with Gasteiger partial charge in [-0.15, -0.1) is 6.58 Å². The van der Waals surface area contributed by atoms with Crippen LogP contribution in [0.25, 0.3) is 0 Å². The van der Waals surface area contributed by atoms with E-state index < -0.39 is 5.91 Å². The zero-order valence-electron chi connectivity index (χ0n) is 12.2. The molecule has 0 fully saturated rings. The van der Waals surface area contributed by atoms with E-state index in [1.165, 1.54) is 18.3 Å². The molecule has 0 unspecified atom stereocenters. The minimum atomic E-state index is -0.554. The number of hydrogen-bond acceptors (Lipinski definition) is 4. The highest BCUT2D eigenvalue weighted by atomic mass is 79.9. The quantitative estimate of drug-likeness (QED) is 0.426. The number of hydrazone groups is 1. The number of benzene rings is 2. The first kappa shape index (κ1) is 16.8. The van der Waals surface area contributed by atoms with E-state index in [0.29, 0.717) is 16.5 Å². The Morgan fingerprint density at radius 1 is 1.30 bits per heavy atom. The van der Waals surface area contributed by atoms with Gasteiger partial charge in [0.15, 0.2) is 0 Å². The van der Waals surface area contributed by atoms with Crippen molar-refractivity contribution in [1.82, 2.24) is 5.43 Å². The van der Waals surface area contributed by atoms with Gasteiger partial charge in [-0.1, -0.05) is 34.1 Å². The van der Waals surface area contributed by atoms with Crippen molar-refractivity contribution in [2.45, 2.75) is 6.42 Å². The fourth-order valence-corrected chi connectivity index (χ4v) is 2.31. The lowest BCUT2D eigenvalue weighted by Crippen LogP contribution is -2.17. The van der Waals surface area contributed by atoms with Gasteiger partial charge in [-0.3, -0.25) is 4.79 Å². The van der Waals surface area contributed by atoms with Crippen molar-refractivity contribution >= 4 is 28.1 Å². The molecule has 0 saturated carbocycles. The number of aromatic hydroxyl groups is 2. The molecular formula is C17H15BrN2O3. The Kier molecular flexibility index (Phi) is 5.54. The Hall–Kier alpha value is -2.60. The molecule has 0 aliphatic carbocycles. The van der Waals surface area contributed by atoms with Crippen LogP contribution in [0.3, 0.4) is 0 Å². The largest absolute Gasteiger partial charge is 0.507 e. The van der Waals surface area contributed by atoms with Gasteiger partial charge < -0.3 is 10.2 Å². The van der Waals surface area contributed by atoms with E-state index in [4.69, 9.17) is 0 Å². The zero-order chi connectivity index (χ0) is 16.8. The van der Waals surface area contributed by atoms with E-state index in [2.05, 4.69) is 33.0 Å². The molecule has 23 heavy (non-hydrogen) atoms. The lowest BCUT2D eigenvalue weighted by atomic mass is 10.1. The van der Waals surface area contributed by atoms with E-state index in [9.17, 15) is 15.0 Å². The molecule has 0 bridgehead atoms. The Morgan fingerprint density at radius 3 is 2.83 bits per heavy atom. The summed E-state index contributed by atoms with van der Waals surface area (Å²) in [7, 11) is 0. The van der Waals surface area contributed by atoms with Crippen molar-refractivity contribution in [2.24, 2.45) is 5.10 Å². The minimum Gasteiger partial charge on any atom is -0.507 e. The second-order valence-corrected chi connectivity index (χ2v) is 5.62. The zero-order valence-corrected chi connectivity index (χ0v) is 13.7. The van der Waals surface area contributed by atoms with Gasteiger partial charge >= 0.3 is 0 Å². The van der Waals surface area contributed by atoms with Crippen LogP contribution in [-0.4, -0.2) is 22.3 Å². The van der Waals surface area contributed by atoms with Gasteiger partial charge in [0, 0.05) is 10.0 Å². The third kappa shape index (κ3) is 4.20. The molecule has 0 aromatic heterocycles. The summed E-state index contributed by atoms with van der Waals surface area (Å²) in [6.45, 7) is 3.63. The Labute approximate surface area is 142 Å². The number of phenols is 2. The predicted molar refractivity (Wildman–Crippen MR) is 92.9 cm³/mol. The molecule has 0 aliphatic heterocycles. The van der Waals surface area contributed by atoms with Gasteiger partial charge in [-0.05, 0) is 36.2 Å². The Balaban J connectivity index is 2.13. The van der Waals surface area contributed by atoms with Gasteiger partial charge in [-0.2, -0.15) is 5.10 Å². The fraction of sp³-hybridized carbons (Fsp3) is 0.0588. The molecule has 6 heteroatoms. The van der Waals surface area contributed by atoms with Crippen LogP contribution >= 0.6 is 15.9 Å². The van der Waals surface area contributed by atoms with E-state index in [-0.39, 0.29) is 17.1 Å². The average Bonchev–Trinajstić information content (AvgIpc) is 2.53. The first-order valence-corrected chi connectivity index (χ1v) is 7.56. The highest BCUT2D eigenvalue weighted by Gasteiger charge is 2.11. The number of carbonyl (C=O) groups excluding carboxylic acids is 1. The monoisotopic (exact) mass is 374 g/mol. The summed E-state index contributed by atoms with van der Waals surface area (Å²) in [5, 5.41) is 23.6. The molecule has 1 amide bonds. The fourth-order valence-electron chi connectivity index (χ4n) is 1.95. The summed E-state index contributed by atoms with van der Waals surface area (Å²) in [5.41, 5.74) is 3.61. The highest BCUT2D eigenvalue weighted by molar-refractivity contribution is 9.10. The number of allylic oxidation sites excluding steroid dienone is 1. The lowest BCUT2D eigenvalue weighted by Gasteiger charge is -2.05. The second kappa shape index (κ2) is 7.60. The van der Waals surface area contributed by atoms with E-state index in [1.807, 2.05) is 0 Å². The van der Waals surface area contributed by atoms with Gasteiger partial charge in [0.25, 0.3) is 5.91 Å². The molecule has 2 rings (SSSR count). The number of nitrogens with one attached hydrogen (secondary N) is 1. The van der Waals surface area contributed by atoms with E-state index in [1.54, 1.807) is 30.3 Å². The number of hydrogen-bond donors (Lipinski definition) is 3. The van der Waals surface area contributed by atoms with Crippen molar-refractivity contribution in [1.29, 1.82) is 0 Å². The van der Waals surface area contributed by atoms with Crippen LogP contribution < -0.4 is 5.43 Å². The Morgan fingerprint density at radius 2 is 2.09 bits per heavy atom. The molecule has 0 saturated heterocycles. The third-order valence-corrected chi connectivity index (χ3v) is 3.58. The van der Waals surface area contributed by atoms with Crippen molar-refractivity contribution in [2.75, 3.05) is 0 Å². The van der Waals surface area contributed by atoms with Crippen molar-refractivity contribution < 1.29 is 15.0 Å². The summed E-state index contributed by atoms with van der Waals surface area (Å²) in [5.74, 6) is -0.603. The summed E-state index contributed by atoms with van der Waals surface area (Å²) in [6.07, 6.45) is 3.56. The summed E-state index contributed by atoms with van der Waals surface area (Å²) in [4.78, 5) is 12.0. The minimum absolute atomic E-state index is 0.0932. The maximum absolute atomic E-state index is 12.0. The summed E-state index contributed by atoms with van der Waals surface area (Å²) >= 11 is 3.23. The van der Waals surface area contributed by atoms with Gasteiger partial charge in [0.1, 0.15) is 11.5 Å². The molecule has 3 N–H and O–H groups in total. The first-order valence-electron chi connectivity index (χ1n) is 6.76. The standard InChI is InChI=1S/C17H15BrN2O3/c1-2-4-11-5-3-6-12(16(11)22)10-19-20-17(23)14-9-13(18)7-8-15(14)21/h2-3,5-10,21-22H,1,4H2,(H,20,23)/b19-10-. The van der Waals surface area contributed by atoms with Crippen LogP contribution in [0.4, 0.5) is 0 Å². The van der Waals surface area contributed by atoms with Crippen LogP contribution in [0.1, 0.15) is 21.5 Å². The Bertz CT molecular complexity index is 772. The number of amides is 1. The highest BCUT2D eigenvalue weighted by Crippen LogP contribution is 2.22. The van der Waals surface area contributed by atoms with Crippen LogP contribution in [0.5, 0.6) is 11.5 Å². The molecule has 2 aromatic carbocycles. The molecular weight excluding hydrogens is 360 g/mol.